The average Bonchev–Trinajstić information content (AvgIpc) is 3.33. The first-order valence-electron chi connectivity index (χ1n) is 10.0. The van der Waals surface area contributed by atoms with Crippen molar-refractivity contribution >= 4 is 11.9 Å². The second kappa shape index (κ2) is 6.83. The van der Waals surface area contributed by atoms with Crippen LogP contribution in [0.25, 0.3) is 0 Å². The van der Waals surface area contributed by atoms with Crippen molar-refractivity contribution in [3.63, 3.8) is 0 Å². The van der Waals surface area contributed by atoms with E-state index in [1.165, 1.54) is 19.3 Å². The number of carbonyl (C=O) groups excluding carboxylic acids is 1. The fraction of sp³-hybridized carbons (Fsp3) is 0.842. The molecule has 7 heteroatoms. The van der Waals surface area contributed by atoms with Gasteiger partial charge >= 0.3 is 0 Å². The summed E-state index contributed by atoms with van der Waals surface area (Å²) in [6.45, 7) is 8.55. The van der Waals surface area contributed by atoms with E-state index in [-0.39, 0.29) is 11.5 Å². The Morgan fingerprint density at radius 1 is 1.23 bits per heavy atom. The van der Waals surface area contributed by atoms with E-state index in [0.717, 1.165) is 57.4 Å². The maximum Gasteiger partial charge on any atom is 0.291 e. The van der Waals surface area contributed by atoms with Crippen LogP contribution in [0.3, 0.4) is 0 Å². The number of nitrogens with zero attached hydrogens (tertiary/aromatic N) is 5. The largest absolute Gasteiger partial charge is 0.375 e. The lowest BCUT2D eigenvalue weighted by Crippen LogP contribution is -2.62. The minimum atomic E-state index is -0.127. The molecule has 26 heavy (non-hydrogen) atoms. The van der Waals surface area contributed by atoms with Crippen molar-refractivity contribution < 1.29 is 9.53 Å². The zero-order valence-electron chi connectivity index (χ0n) is 16.3. The maximum atomic E-state index is 13.0. The number of carbonyl (C=O) groups is 1. The molecule has 1 saturated carbocycles. The Morgan fingerprint density at radius 2 is 1.96 bits per heavy atom. The smallest absolute Gasteiger partial charge is 0.291 e. The van der Waals surface area contributed by atoms with E-state index >= 15 is 0 Å². The summed E-state index contributed by atoms with van der Waals surface area (Å²) in [5, 5.41) is 8.76. The Morgan fingerprint density at radius 3 is 2.58 bits per heavy atom. The summed E-state index contributed by atoms with van der Waals surface area (Å²) in [5.74, 6) is 2.79. The van der Waals surface area contributed by atoms with Crippen molar-refractivity contribution in [3.8, 4) is 0 Å². The van der Waals surface area contributed by atoms with Crippen LogP contribution in [0.5, 0.6) is 0 Å². The Balaban J connectivity index is 1.58. The number of rotatable bonds is 5. The van der Waals surface area contributed by atoms with Gasteiger partial charge in [0.05, 0.1) is 13.1 Å². The number of methoxy groups -OCH3 is 1. The molecule has 3 fully saturated rings. The van der Waals surface area contributed by atoms with Gasteiger partial charge in [0.2, 0.25) is 11.8 Å². The van der Waals surface area contributed by atoms with E-state index < -0.39 is 0 Å². The molecule has 2 aliphatic heterocycles. The molecule has 0 aromatic carbocycles. The van der Waals surface area contributed by atoms with Gasteiger partial charge in [0, 0.05) is 26.7 Å². The zero-order valence-corrected chi connectivity index (χ0v) is 16.3. The molecular weight excluding hydrogens is 330 g/mol. The first-order valence-corrected chi connectivity index (χ1v) is 10.0. The predicted molar refractivity (Wildman–Crippen MR) is 99.3 cm³/mol. The van der Waals surface area contributed by atoms with Crippen LogP contribution in [0.1, 0.15) is 56.6 Å². The Kier molecular flexibility index (Phi) is 4.67. The van der Waals surface area contributed by atoms with Crippen molar-refractivity contribution in [2.45, 2.75) is 58.1 Å². The molecule has 0 N–H and O–H groups in total. The Bertz CT molecular complexity index is 661. The highest BCUT2D eigenvalue weighted by atomic mass is 16.5. The Hall–Kier alpha value is -1.63. The SMILES string of the molecule is COC1(C)CN(c2nnc(C(=O)N3CCCC3)n2CC2CCC(C)C2)C1. The van der Waals surface area contributed by atoms with Gasteiger partial charge in [0.1, 0.15) is 5.60 Å². The van der Waals surface area contributed by atoms with E-state index in [4.69, 9.17) is 4.74 Å². The molecule has 1 aliphatic carbocycles. The van der Waals surface area contributed by atoms with Gasteiger partial charge < -0.3 is 14.5 Å². The number of amides is 1. The van der Waals surface area contributed by atoms with Crippen molar-refractivity contribution in [1.82, 2.24) is 19.7 Å². The van der Waals surface area contributed by atoms with Crippen LogP contribution in [-0.2, 0) is 11.3 Å². The third-order valence-corrected chi connectivity index (χ3v) is 6.39. The summed E-state index contributed by atoms with van der Waals surface area (Å²) < 4.78 is 7.67. The van der Waals surface area contributed by atoms with Gasteiger partial charge in [-0.3, -0.25) is 9.36 Å². The van der Waals surface area contributed by atoms with Gasteiger partial charge in [-0.25, -0.2) is 0 Å². The molecule has 0 radical (unpaired) electrons. The average molecular weight is 361 g/mol. The monoisotopic (exact) mass is 361 g/mol. The topological polar surface area (TPSA) is 63.5 Å². The van der Waals surface area contributed by atoms with E-state index in [9.17, 15) is 4.79 Å². The molecule has 7 nitrogen and oxygen atoms in total. The lowest BCUT2D eigenvalue weighted by Gasteiger charge is -2.47. The van der Waals surface area contributed by atoms with Gasteiger partial charge in [-0.15, -0.1) is 10.2 Å². The molecule has 4 rings (SSSR count). The van der Waals surface area contributed by atoms with Crippen LogP contribution in [0, 0.1) is 11.8 Å². The minimum Gasteiger partial charge on any atom is -0.375 e. The molecule has 144 valence electrons. The molecule has 2 saturated heterocycles. The van der Waals surface area contributed by atoms with E-state index in [0.29, 0.717) is 11.7 Å². The van der Waals surface area contributed by atoms with Gasteiger partial charge in [-0.1, -0.05) is 13.3 Å². The summed E-state index contributed by atoms with van der Waals surface area (Å²) in [5.41, 5.74) is -0.127. The maximum absolute atomic E-state index is 13.0. The molecule has 1 aromatic heterocycles. The molecule has 0 spiro atoms. The van der Waals surface area contributed by atoms with Crippen molar-refractivity contribution in [3.05, 3.63) is 5.82 Å². The third-order valence-electron chi connectivity index (χ3n) is 6.39. The van der Waals surface area contributed by atoms with Crippen molar-refractivity contribution in [1.29, 1.82) is 0 Å². The molecule has 1 aromatic rings. The number of hydrogen-bond donors (Lipinski definition) is 0. The second-order valence-corrected chi connectivity index (χ2v) is 8.73. The van der Waals surface area contributed by atoms with E-state index in [1.54, 1.807) is 7.11 Å². The van der Waals surface area contributed by atoms with Crippen LogP contribution in [0.4, 0.5) is 5.95 Å². The summed E-state index contributed by atoms with van der Waals surface area (Å²) in [6, 6.07) is 0. The quantitative estimate of drug-likeness (QED) is 0.804. The highest BCUT2D eigenvalue weighted by molar-refractivity contribution is 5.91. The lowest BCUT2D eigenvalue weighted by atomic mass is 9.97. The van der Waals surface area contributed by atoms with Gasteiger partial charge in [0.25, 0.3) is 5.91 Å². The van der Waals surface area contributed by atoms with Crippen LogP contribution in [0.2, 0.25) is 0 Å². The molecular formula is C19H31N5O2. The number of aromatic nitrogens is 3. The van der Waals surface area contributed by atoms with Crippen molar-refractivity contribution in [2.24, 2.45) is 11.8 Å². The second-order valence-electron chi connectivity index (χ2n) is 8.73. The van der Waals surface area contributed by atoms with Crippen LogP contribution in [0.15, 0.2) is 0 Å². The minimum absolute atomic E-state index is 0.0438. The summed E-state index contributed by atoms with van der Waals surface area (Å²) >= 11 is 0. The number of ether oxygens (including phenoxy) is 1. The fourth-order valence-corrected chi connectivity index (χ4v) is 4.70. The summed E-state index contributed by atoms with van der Waals surface area (Å²) in [7, 11) is 1.75. The zero-order chi connectivity index (χ0) is 18.3. The number of likely N-dealkylation sites (tertiary alicyclic amines) is 1. The van der Waals surface area contributed by atoms with E-state index in [2.05, 4.69) is 33.5 Å². The standard InChI is InChI=1S/C19H31N5O2/c1-14-6-7-15(10-14)11-24-16(17(25)22-8-4-5-9-22)20-21-18(24)23-12-19(2,13-23)26-3/h14-15H,4-13H2,1-3H3. The first-order chi connectivity index (χ1) is 12.5. The number of hydrogen-bond acceptors (Lipinski definition) is 5. The van der Waals surface area contributed by atoms with Gasteiger partial charge in [-0.2, -0.15) is 0 Å². The fourth-order valence-electron chi connectivity index (χ4n) is 4.70. The van der Waals surface area contributed by atoms with Crippen LogP contribution in [-0.4, -0.2) is 64.5 Å². The van der Waals surface area contributed by atoms with Gasteiger partial charge in [-0.05, 0) is 44.4 Å². The highest BCUT2D eigenvalue weighted by Crippen LogP contribution is 2.34. The molecule has 3 heterocycles. The van der Waals surface area contributed by atoms with Crippen LogP contribution >= 0.6 is 0 Å². The number of anilines is 1. The molecule has 2 atom stereocenters. The molecule has 1 amide bonds. The van der Waals surface area contributed by atoms with E-state index in [1.807, 2.05) is 4.90 Å². The summed E-state index contributed by atoms with van der Waals surface area (Å²) in [4.78, 5) is 17.1. The van der Waals surface area contributed by atoms with Crippen molar-refractivity contribution in [2.75, 3.05) is 38.2 Å². The third kappa shape index (κ3) is 3.21. The normalized spacial score (nSPS) is 27.8. The summed E-state index contributed by atoms with van der Waals surface area (Å²) in [6.07, 6.45) is 5.91. The molecule has 0 bridgehead atoms. The highest BCUT2D eigenvalue weighted by Gasteiger charge is 2.42. The molecule has 2 unspecified atom stereocenters. The first kappa shape index (κ1) is 17.8. The lowest BCUT2D eigenvalue weighted by molar-refractivity contribution is -0.0179. The Labute approximate surface area is 155 Å². The molecule has 3 aliphatic rings. The predicted octanol–water partition coefficient (Wildman–Crippen LogP) is 2.18. The van der Waals surface area contributed by atoms with Gasteiger partial charge in [0.15, 0.2) is 0 Å². The van der Waals surface area contributed by atoms with Crippen LogP contribution < -0.4 is 4.90 Å².